The van der Waals surface area contributed by atoms with E-state index in [0.717, 1.165) is 29.9 Å². The molecule has 3 heteroatoms. The highest BCUT2D eigenvalue weighted by molar-refractivity contribution is 5.76. The molecule has 3 nitrogen and oxygen atoms in total. The number of rotatable bonds is 5. The summed E-state index contributed by atoms with van der Waals surface area (Å²) in [4.78, 5) is 14.2. The lowest BCUT2D eigenvalue weighted by Crippen LogP contribution is -2.96. The van der Waals surface area contributed by atoms with E-state index in [1.54, 1.807) is 0 Å². The lowest BCUT2D eigenvalue weighted by Gasteiger charge is -2.30. The van der Waals surface area contributed by atoms with E-state index in [-0.39, 0.29) is 11.9 Å². The number of benzene rings is 3. The minimum Gasteiger partial charge on any atom is -0.426 e. The molecule has 0 amide bonds. The molecule has 0 radical (unpaired) electrons. The molecule has 3 aliphatic carbocycles. The summed E-state index contributed by atoms with van der Waals surface area (Å²) in [6.45, 7) is 0. The average Bonchev–Trinajstić information content (AvgIpc) is 3.56. The van der Waals surface area contributed by atoms with Gasteiger partial charge in [-0.05, 0) is 85.8 Å². The quantitative estimate of drug-likeness (QED) is 0.412. The summed E-state index contributed by atoms with van der Waals surface area (Å²) in [6.07, 6.45) is 6.36. The van der Waals surface area contributed by atoms with Crippen molar-refractivity contribution in [3.05, 3.63) is 84.9 Å². The van der Waals surface area contributed by atoms with Gasteiger partial charge >= 0.3 is 5.97 Å². The summed E-state index contributed by atoms with van der Waals surface area (Å²) >= 11 is 0. The Kier molecular flexibility index (Phi) is 5.07. The van der Waals surface area contributed by atoms with Crippen LogP contribution in [0.1, 0.15) is 32.1 Å². The summed E-state index contributed by atoms with van der Waals surface area (Å²) in [7, 11) is 0. The van der Waals surface area contributed by atoms with Crippen molar-refractivity contribution in [3.8, 4) is 5.75 Å². The van der Waals surface area contributed by atoms with Crippen LogP contribution >= 0.6 is 0 Å². The van der Waals surface area contributed by atoms with Crippen LogP contribution < -0.4 is 9.64 Å². The minimum absolute atomic E-state index is 0.00841. The summed E-state index contributed by atoms with van der Waals surface area (Å²) in [5, 5.41) is 0. The predicted molar refractivity (Wildman–Crippen MR) is 125 cm³/mol. The van der Waals surface area contributed by atoms with Gasteiger partial charge in [0, 0.05) is 12.1 Å². The van der Waals surface area contributed by atoms with Crippen LogP contribution in [-0.2, 0) is 4.79 Å². The lowest BCUT2D eigenvalue weighted by atomic mass is 9.76. The third kappa shape index (κ3) is 3.45. The molecule has 0 heterocycles. The van der Waals surface area contributed by atoms with Gasteiger partial charge in [-0.15, -0.1) is 0 Å². The maximum atomic E-state index is 13.0. The summed E-state index contributed by atoms with van der Waals surface area (Å²) in [6, 6.07) is 29.0. The number of quaternary nitrogens is 1. The average molecular weight is 425 g/mol. The van der Waals surface area contributed by atoms with Gasteiger partial charge in [-0.3, -0.25) is 4.79 Å². The Labute approximate surface area is 190 Å². The topological polar surface area (TPSA) is 30.7 Å². The molecule has 162 valence electrons. The van der Waals surface area contributed by atoms with Gasteiger partial charge in [0.25, 0.3) is 0 Å². The van der Waals surface area contributed by atoms with Crippen molar-refractivity contribution >= 4 is 23.0 Å². The fraction of sp³-hybridized carbons (Fsp3) is 0.345. The number of esters is 1. The predicted octanol–water partition coefficient (Wildman–Crippen LogP) is 5.84. The first-order valence-electron chi connectivity index (χ1n) is 12.1. The lowest BCUT2D eigenvalue weighted by molar-refractivity contribution is -0.681. The Hall–Kier alpha value is -2.91. The number of carbonyl (C=O) groups is 1. The van der Waals surface area contributed by atoms with Crippen LogP contribution in [0, 0.1) is 29.6 Å². The Morgan fingerprint density at radius 3 is 1.94 bits per heavy atom. The van der Waals surface area contributed by atoms with Gasteiger partial charge in [0.1, 0.15) is 22.8 Å². The second kappa shape index (κ2) is 8.22. The highest BCUT2D eigenvalue weighted by Gasteiger charge is 2.56. The Bertz CT molecular complexity index is 1040. The SMILES string of the molecule is O=C(Oc1ccc([NH+](c2ccccc2)c2ccccc2)cc1)C1CC2CC1C1CCCC21. The first-order valence-corrected chi connectivity index (χ1v) is 12.1. The molecule has 5 unspecified atom stereocenters. The fourth-order valence-electron chi connectivity index (χ4n) is 6.93. The second-order valence-corrected chi connectivity index (χ2v) is 9.81. The van der Waals surface area contributed by atoms with Crippen LogP contribution in [-0.4, -0.2) is 5.97 Å². The van der Waals surface area contributed by atoms with E-state index in [4.69, 9.17) is 4.74 Å². The number of nitrogens with one attached hydrogen (secondary N) is 1. The standard InChI is InChI=1S/C29H29NO2/c31-29(28-19-20-18-27(28)26-13-7-12-25(20)26)32-24-16-14-23(15-17-24)30(21-8-3-1-4-9-21)22-10-5-2-6-11-22/h1-6,8-11,14-17,20,25-28H,7,12-13,18-19H2/p+1. The number of ether oxygens (including phenoxy) is 1. The zero-order valence-electron chi connectivity index (χ0n) is 18.3. The van der Waals surface area contributed by atoms with E-state index in [0.29, 0.717) is 11.7 Å². The smallest absolute Gasteiger partial charge is 0.314 e. The molecule has 6 rings (SSSR count). The molecular formula is C29H30NO2+. The summed E-state index contributed by atoms with van der Waals surface area (Å²) in [5.74, 6) is 3.76. The number of hydrogen-bond donors (Lipinski definition) is 1. The van der Waals surface area contributed by atoms with Crippen molar-refractivity contribution in [2.24, 2.45) is 29.6 Å². The molecule has 0 saturated heterocycles. The largest absolute Gasteiger partial charge is 0.426 e. The molecule has 32 heavy (non-hydrogen) atoms. The van der Waals surface area contributed by atoms with Crippen LogP contribution in [0.3, 0.4) is 0 Å². The summed E-state index contributed by atoms with van der Waals surface area (Å²) < 4.78 is 5.90. The molecule has 1 N–H and O–H groups in total. The molecule has 5 atom stereocenters. The van der Waals surface area contributed by atoms with E-state index >= 15 is 0 Å². The Balaban J connectivity index is 1.20. The zero-order chi connectivity index (χ0) is 21.5. The fourth-order valence-corrected chi connectivity index (χ4v) is 6.93. The van der Waals surface area contributed by atoms with Crippen LogP contribution in [0.25, 0.3) is 0 Å². The van der Waals surface area contributed by atoms with E-state index in [2.05, 4.69) is 60.7 Å². The maximum absolute atomic E-state index is 13.0. The van der Waals surface area contributed by atoms with Gasteiger partial charge < -0.3 is 4.74 Å². The van der Waals surface area contributed by atoms with Gasteiger partial charge in [0.2, 0.25) is 0 Å². The minimum atomic E-state index is -0.00841. The third-order valence-electron chi connectivity index (χ3n) is 8.22. The van der Waals surface area contributed by atoms with Gasteiger partial charge in [-0.25, -0.2) is 4.90 Å². The molecule has 0 aromatic heterocycles. The van der Waals surface area contributed by atoms with Crippen molar-refractivity contribution in [1.29, 1.82) is 0 Å². The molecule has 3 saturated carbocycles. The molecule has 3 fully saturated rings. The van der Waals surface area contributed by atoms with Crippen LogP contribution in [0.5, 0.6) is 5.75 Å². The van der Waals surface area contributed by atoms with E-state index < -0.39 is 0 Å². The van der Waals surface area contributed by atoms with Gasteiger partial charge in [0.05, 0.1) is 5.92 Å². The van der Waals surface area contributed by atoms with Crippen molar-refractivity contribution in [2.75, 3.05) is 0 Å². The highest BCUT2D eigenvalue weighted by atomic mass is 16.5. The monoisotopic (exact) mass is 424 g/mol. The molecular weight excluding hydrogens is 394 g/mol. The number of para-hydroxylation sites is 2. The van der Waals surface area contributed by atoms with Crippen LogP contribution in [0.2, 0.25) is 0 Å². The van der Waals surface area contributed by atoms with Gasteiger partial charge in [-0.2, -0.15) is 0 Å². The first kappa shape index (κ1) is 19.8. The van der Waals surface area contributed by atoms with Crippen LogP contribution in [0.15, 0.2) is 84.9 Å². The van der Waals surface area contributed by atoms with Crippen molar-refractivity contribution < 1.29 is 14.4 Å². The molecule has 0 spiro atoms. The molecule has 3 aliphatic rings. The molecule has 0 aliphatic heterocycles. The van der Waals surface area contributed by atoms with Crippen molar-refractivity contribution in [1.82, 2.24) is 0 Å². The van der Waals surface area contributed by atoms with Crippen molar-refractivity contribution in [2.45, 2.75) is 32.1 Å². The number of fused-ring (bicyclic) bond motifs is 5. The van der Waals surface area contributed by atoms with Gasteiger partial charge in [0.15, 0.2) is 0 Å². The summed E-state index contributed by atoms with van der Waals surface area (Å²) in [5.41, 5.74) is 3.48. The van der Waals surface area contributed by atoms with Crippen LogP contribution in [0.4, 0.5) is 17.1 Å². The first-order chi connectivity index (χ1) is 15.8. The second-order valence-electron chi connectivity index (χ2n) is 9.81. The Morgan fingerprint density at radius 2 is 1.28 bits per heavy atom. The van der Waals surface area contributed by atoms with E-state index in [9.17, 15) is 4.79 Å². The molecule has 3 aromatic rings. The van der Waals surface area contributed by atoms with E-state index in [1.165, 1.54) is 42.0 Å². The van der Waals surface area contributed by atoms with E-state index in [1.807, 2.05) is 24.3 Å². The Morgan fingerprint density at radius 1 is 0.688 bits per heavy atom. The third-order valence-corrected chi connectivity index (χ3v) is 8.22. The molecule has 2 bridgehead atoms. The normalized spacial score (nSPS) is 28.1. The maximum Gasteiger partial charge on any atom is 0.314 e. The molecule has 3 aromatic carbocycles. The zero-order valence-corrected chi connectivity index (χ0v) is 18.3. The number of hydrogen-bond acceptors (Lipinski definition) is 2. The highest BCUT2D eigenvalue weighted by Crippen LogP contribution is 2.61. The van der Waals surface area contributed by atoms with Gasteiger partial charge in [-0.1, -0.05) is 42.8 Å². The number of carbonyl (C=O) groups excluding carboxylic acids is 1. The van der Waals surface area contributed by atoms with Crippen molar-refractivity contribution in [3.63, 3.8) is 0 Å².